The highest BCUT2D eigenvalue weighted by molar-refractivity contribution is 7.80. The Morgan fingerprint density at radius 1 is 0.895 bits per heavy atom. The van der Waals surface area contributed by atoms with Gasteiger partial charge in [0.15, 0.2) is 5.96 Å². The molecule has 210 valence electrons. The van der Waals surface area contributed by atoms with Crippen molar-refractivity contribution in [3.8, 4) is 5.75 Å². The van der Waals surface area contributed by atoms with Gasteiger partial charge in [-0.1, -0.05) is 12.1 Å². The minimum absolute atomic E-state index is 0.0384. The van der Waals surface area contributed by atoms with E-state index < -0.39 is 60.2 Å². The highest BCUT2D eigenvalue weighted by Gasteiger charge is 2.30. The molecule has 1 rings (SSSR count). The lowest BCUT2D eigenvalue weighted by Crippen LogP contribution is -2.58. The van der Waals surface area contributed by atoms with Crippen LogP contribution in [0.3, 0.4) is 0 Å². The molecule has 1 aromatic carbocycles. The molecule has 0 bridgehead atoms. The summed E-state index contributed by atoms with van der Waals surface area (Å²) < 4.78 is 0. The largest absolute Gasteiger partial charge is 0.508 e. The van der Waals surface area contributed by atoms with E-state index in [9.17, 15) is 34.2 Å². The number of carboxylic acids is 1. The van der Waals surface area contributed by atoms with Crippen LogP contribution in [0.5, 0.6) is 5.75 Å². The molecule has 13 N–H and O–H groups in total. The predicted octanol–water partition coefficient (Wildman–Crippen LogP) is -3.34. The summed E-state index contributed by atoms with van der Waals surface area (Å²) in [7, 11) is 0. The third kappa shape index (κ3) is 11.8. The van der Waals surface area contributed by atoms with E-state index in [1.54, 1.807) is 12.1 Å². The number of hydrogen-bond donors (Lipinski definition) is 10. The van der Waals surface area contributed by atoms with Crippen molar-refractivity contribution in [2.24, 2.45) is 27.9 Å². The average molecular weight is 555 g/mol. The minimum atomic E-state index is -1.52. The Kier molecular flexibility index (Phi) is 13.4. The number of amides is 4. The first-order chi connectivity index (χ1) is 17.8. The predicted molar refractivity (Wildman–Crippen MR) is 141 cm³/mol. The fourth-order valence-corrected chi connectivity index (χ4v) is 3.42. The molecule has 4 atom stereocenters. The van der Waals surface area contributed by atoms with Crippen molar-refractivity contribution in [1.29, 1.82) is 0 Å². The fraction of sp³-hybridized carbons (Fsp3) is 0.455. The number of nitrogens with zero attached hydrogens (tertiary/aromatic N) is 1. The number of phenols is 1. The molecule has 0 saturated carbocycles. The van der Waals surface area contributed by atoms with Crippen molar-refractivity contribution in [2.75, 3.05) is 12.3 Å². The Morgan fingerprint density at radius 2 is 1.45 bits per heavy atom. The Bertz CT molecular complexity index is 1020. The van der Waals surface area contributed by atoms with E-state index in [4.69, 9.17) is 22.9 Å². The number of primary amides is 1. The van der Waals surface area contributed by atoms with Gasteiger partial charge in [-0.25, -0.2) is 4.79 Å². The first-order valence-corrected chi connectivity index (χ1v) is 12.1. The van der Waals surface area contributed by atoms with Gasteiger partial charge in [0.05, 0.1) is 12.5 Å². The lowest BCUT2D eigenvalue weighted by Gasteiger charge is -2.24. The first-order valence-electron chi connectivity index (χ1n) is 11.5. The van der Waals surface area contributed by atoms with Crippen molar-refractivity contribution in [3.05, 3.63) is 29.8 Å². The molecule has 0 heterocycles. The molecule has 16 heteroatoms. The van der Waals surface area contributed by atoms with Gasteiger partial charge in [0, 0.05) is 12.3 Å². The second-order valence-electron chi connectivity index (χ2n) is 8.30. The summed E-state index contributed by atoms with van der Waals surface area (Å²) in [6.07, 6.45) is -0.339. The van der Waals surface area contributed by atoms with Crippen molar-refractivity contribution < 1.29 is 34.2 Å². The van der Waals surface area contributed by atoms with Gasteiger partial charge in [-0.05, 0) is 37.0 Å². The molecule has 38 heavy (non-hydrogen) atoms. The standard InChI is InChI=1S/C22H34N8O7S/c23-13(8-11-3-5-12(31)6-4-11)18(33)30-16(10-38)20(35)29-15(9-17(24)32)19(34)28-14(21(36)37)2-1-7-27-22(25)26/h3-6,13-16,31,38H,1-2,7-10,23H2,(H2,24,32)(H,28,34)(H,29,35)(H,30,33)(H,36,37)(H4,25,26,27). The van der Waals surface area contributed by atoms with E-state index >= 15 is 0 Å². The minimum Gasteiger partial charge on any atom is -0.508 e. The van der Waals surface area contributed by atoms with Crippen molar-refractivity contribution >= 4 is 48.2 Å². The molecule has 0 aromatic heterocycles. The molecule has 4 amide bonds. The molecule has 0 aliphatic rings. The van der Waals surface area contributed by atoms with Crippen LogP contribution in [0.4, 0.5) is 0 Å². The van der Waals surface area contributed by atoms with Crippen LogP contribution in [0, 0.1) is 0 Å². The third-order valence-electron chi connectivity index (χ3n) is 5.14. The summed E-state index contributed by atoms with van der Waals surface area (Å²) in [5, 5.41) is 25.7. The van der Waals surface area contributed by atoms with E-state index in [-0.39, 0.29) is 43.3 Å². The van der Waals surface area contributed by atoms with Gasteiger partial charge in [0.2, 0.25) is 23.6 Å². The van der Waals surface area contributed by atoms with Crippen molar-refractivity contribution in [1.82, 2.24) is 16.0 Å². The number of carbonyl (C=O) groups excluding carboxylic acids is 4. The Morgan fingerprint density at radius 3 is 1.97 bits per heavy atom. The third-order valence-corrected chi connectivity index (χ3v) is 5.51. The van der Waals surface area contributed by atoms with Crippen LogP contribution < -0.4 is 38.9 Å². The second kappa shape index (κ2) is 15.9. The number of nitrogens with one attached hydrogen (secondary N) is 3. The molecular formula is C22H34N8O7S. The maximum absolute atomic E-state index is 12.8. The van der Waals surface area contributed by atoms with Gasteiger partial charge in [-0.2, -0.15) is 12.6 Å². The Labute approximate surface area is 224 Å². The number of aliphatic carboxylic acids is 1. The monoisotopic (exact) mass is 554 g/mol. The Hall–Kier alpha value is -4.05. The summed E-state index contributed by atoms with van der Waals surface area (Å²) in [4.78, 5) is 64.8. The number of phenolic OH excluding ortho intramolecular Hbond substituents is 1. The molecule has 1 aromatic rings. The van der Waals surface area contributed by atoms with Crippen LogP contribution in [0.25, 0.3) is 0 Å². The lowest BCUT2D eigenvalue weighted by molar-refractivity contribution is -0.142. The van der Waals surface area contributed by atoms with Crippen LogP contribution in [0.15, 0.2) is 29.3 Å². The summed E-state index contributed by atoms with van der Waals surface area (Å²) in [6.45, 7) is 0.127. The van der Waals surface area contributed by atoms with E-state index in [1.165, 1.54) is 12.1 Å². The number of guanidine groups is 1. The average Bonchev–Trinajstić information content (AvgIpc) is 2.84. The number of aromatic hydroxyl groups is 1. The number of carbonyl (C=O) groups is 5. The SMILES string of the molecule is NC(=O)CC(NC(=O)C(CS)NC(=O)C(N)Cc1ccc(O)cc1)C(=O)NC(CCCN=C(N)N)C(=O)O. The summed E-state index contributed by atoms with van der Waals surface area (Å²) >= 11 is 4.05. The summed E-state index contributed by atoms with van der Waals surface area (Å²) in [5.74, 6) is -5.12. The number of thiol groups is 1. The van der Waals surface area contributed by atoms with Gasteiger partial charge in [0.1, 0.15) is 23.9 Å². The molecule has 0 saturated heterocycles. The summed E-state index contributed by atoms with van der Waals surface area (Å²) in [5.41, 5.74) is 22.2. The lowest BCUT2D eigenvalue weighted by atomic mass is 10.1. The molecule has 0 aliphatic heterocycles. The molecule has 15 nitrogen and oxygen atoms in total. The van der Waals surface area contributed by atoms with Crippen LogP contribution in [-0.4, -0.2) is 82.2 Å². The molecule has 0 aliphatic carbocycles. The normalized spacial score (nSPS) is 13.7. The van der Waals surface area contributed by atoms with Gasteiger partial charge >= 0.3 is 5.97 Å². The number of nitrogens with two attached hydrogens (primary N) is 4. The van der Waals surface area contributed by atoms with Gasteiger partial charge in [-0.3, -0.25) is 24.2 Å². The highest BCUT2D eigenvalue weighted by Crippen LogP contribution is 2.11. The van der Waals surface area contributed by atoms with Gasteiger partial charge < -0.3 is 49.1 Å². The van der Waals surface area contributed by atoms with E-state index in [1.807, 2.05) is 0 Å². The van der Waals surface area contributed by atoms with E-state index in [0.29, 0.717) is 5.56 Å². The summed E-state index contributed by atoms with van der Waals surface area (Å²) in [6, 6.07) is 0.878. The smallest absolute Gasteiger partial charge is 0.326 e. The molecule has 4 unspecified atom stereocenters. The van der Waals surface area contributed by atoms with Crippen LogP contribution >= 0.6 is 12.6 Å². The van der Waals surface area contributed by atoms with E-state index in [2.05, 4.69) is 33.6 Å². The number of aliphatic imine (C=N–C) groups is 1. The van der Waals surface area contributed by atoms with E-state index in [0.717, 1.165) is 0 Å². The zero-order chi connectivity index (χ0) is 28.8. The van der Waals surface area contributed by atoms with Crippen LogP contribution in [0.2, 0.25) is 0 Å². The number of hydrogen-bond acceptors (Lipinski definition) is 9. The van der Waals surface area contributed by atoms with Gasteiger partial charge in [0.25, 0.3) is 0 Å². The number of carboxylic acid groups (broad SMARTS) is 1. The van der Waals surface area contributed by atoms with Crippen LogP contribution in [0.1, 0.15) is 24.8 Å². The zero-order valence-electron chi connectivity index (χ0n) is 20.5. The maximum Gasteiger partial charge on any atom is 0.326 e. The van der Waals surface area contributed by atoms with Gasteiger partial charge in [-0.15, -0.1) is 0 Å². The van der Waals surface area contributed by atoms with Crippen molar-refractivity contribution in [3.63, 3.8) is 0 Å². The number of rotatable bonds is 16. The topological polar surface area (TPSA) is 278 Å². The highest BCUT2D eigenvalue weighted by atomic mass is 32.1. The molecule has 0 radical (unpaired) electrons. The first kappa shape index (κ1) is 32.0. The molecule has 0 fully saturated rings. The number of benzene rings is 1. The zero-order valence-corrected chi connectivity index (χ0v) is 21.4. The maximum atomic E-state index is 12.8. The quantitative estimate of drug-likeness (QED) is 0.0419. The van der Waals surface area contributed by atoms with Crippen LogP contribution in [-0.2, 0) is 30.4 Å². The van der Waals surface area contributed by atoms with Crippen molar-refractivity contribution in [2.45, 2.75) is 49.9 Å². The fourth-order valence-electron chi connectivity index (χ4n) is 3.17. The molecule has 0 spiro atoms. The second-order valence-corrected chi connectivity index (χ2v) is 8.67. The molecular weight excluding hydrogens is 520 g/mol. The Balaban J connectivity index is 2.82.